The SMILES string of the molecule is CC(=O)O[C@H]1[C@H](N(C)S(C)(=O)=O)c2cc(OCCCC(F)(F)F)ccc2OC1(C)C. The molecular weight excluding hydrogens is 427 g/mol. The van der Waals surface area contributed by atoms with Crippen molar-refractivity contribution < 1.29 is 40.6 Å². The Labute approximate surface area is 174 Å². The number of ether oxygens (including phenoxy) is 3. The van der Waals surface area contributed by atoms with E-state index in [9.17, 15) is 26.4 Å². The molecule has 1 aromatic rings. The maximum absolute atomic E-state index is 12.3. The summed E-state index contributed by atoms with van der Waals surface area (Å²) in [7, 11) is -2.33. The Bertz CT molecular complexity index is 885. The van der Waals surface area contributed by atoms with Gasteiger partial charge in [0.15, 0.2) is 6.10 Å². The highest BCUT2D eigenvalue weighted by atomic mass is 32.2. The molecule has 1 aliphatic rings. The highest BCUT2D eigenvalue weighted by Crippen LogP contribution is 2.46. The van der Waals surface area contributed by atoms with Crippen molar-refractivity contribution in [3.63, 3.8) is 0 Å². The van der Waals surface area contributed by atoms with Crippen LogP contribution in [0, 0.1) is 0 Å². The summed E-state index contributed by atoms with van der Waals surface area (Å²) < 4.78 is 79.3. The first-order valence-corrected chi connectivity index (χ1v) is 11.1. The van der Waals surface area contributed by atoms with Crippen LogP contribution in [-0.4, -0.2) is 56.5 Å². The van der Waals surface area contributed by atoms with Crippen LogP contribution in [0.2, 0.25) is 0 Å². The van der Waals surface area contributed by atoms with Crippen molar-refractivity contribution in [2.45, 2.75) is 57.5 Å². The fourth-order valence-electron chi connectivity index (χ4n) is 3.27. The molecule has 1 aromatic carbocycles. The number of likely N-dealkylation sites (N-methyl/N-ethyl adjacent to an activating group) is 1. The maximum atomic E-state index is 12.3. The second-order valence-electron chi connectivity index (χ2n) is 7.73. The molecule has 0 radical (unpaired) electrons. The van der Waals surface area contributed by atoms with E-state index in [0.717, 1.165) is 10.6 Å². The number of carbonyl (C=O) groups excluding carboxylic acids is 1. The molecule has 1 aliphatic heterocycles. The minimum Gasteiger partial charge on any atom is -0.494 e. The molecule has 7 nitrogen and oxygen atoms in total. The number of fused-ring (bicyclic) bond motifs is 1. The molecular formula is C19H26F3NO6S. The third kappa shape index (κ3) is 6.00. The van der Waals surface area contributed by atoms with E-state index in [4.69, 9.17) is 14.2 Å². The standard InChI is InChI=1S/C19H26F3NO6S/c1-12(24)28-17-16(23(4)30(5,25)26)14-11-13(27-10-6-9-19(20,21)22)7-8-15(14)29-18(17,2)3/h7-8,11,16-17H,6,9-10H2,1-5H3/t16-,17+/m1/s1. The molecule has 30 heavy (non-hydrogen) atoms. The summed E-state index contributed by atoms with van der Waals surface area (Å²) in [4.78, 5) is 11.7. The average Bonchev–Trinajstić information content (AvgIpc) is 2.57. The summed E-state index contributed by atoms with van der Waals surface area (Å²) in [6.45, 7) is 4.40. The molecule has 170 valence electrons. The van der Waals surface area contributed by atoms with Crippen LogP contribution in [0.25, 0.3) is 0 Å². The van der Waals surface area contributed by atoms with Gasteiger partial charge < -0.3 is 14.2 Å². The van der Waals surface area contributed by atoms with Gasteiger partial charge in [-0.1, -0.05) is 0 Å². The van der Waals surface area contributed by atoms with Crippen LogP contribution in [0.1, 0.15) is 45.2 Å². The topological polar surface area (TPSA) is 82.1 Å². The third-order valence-electron chi connectivity index (χ3n) is 4.73. The molecule has 0 bridgehead atoms. The lowest BCUT2D eigenvalue weighted by molar-refractivity contribution is -0.165. The third-order valence-corrected chi connectivity index (χ3v) is 6.00. The molecule has 0 amide bonds. The molecule has 0 spiro atoms. The summed E-state index contributed by atoms with van der Waals surface area (Å²) in [6.07, 6.45) is -5.39. The van der Waals surface area contributed by atoms with Gasteiger partial charge in [0.25, 0.3) is 0 Å². The number of benzene rings is 1. The number of hydrogen-bond donors (Lipinski definition) is 0. The lowest BCUT2D eigenvalue weighted by Gasteiger charge is -2.46. The van der Waals surface area contributed by atoms with Crippen molar-refractivity contribution in [2.24, 2.45) is 0 Å². The quantitative estimate of drug-likeness (QED) is 0.465. The molecule has 0 N–H and O–H groups in total. The zero-order valence-corrected chi connectivity index (χ0v) is 18.3. The summed E-state index contributed by atoms with van der Waals surface area (Å²) in [6, 6.07) is 3.68. The molecule has 2 atom stereocenters. The van der Waals surface area contributed by atoms with E-state index in [2.05, 4.69) is 0 Å². The fraction of sp³-hybridized carbons (Fsp3) is 0.632. The summed E-state index contributed by atoms with van der Waals surface area (Å²) in [5.74, 6) is 0.0193. The number of nitrogens with zero attached hydrogens (tertiary/aromatic N) is 1. The van der Waals surface area contributed by atoms with E-state index >= 15 is 0 Å². The second-order valence-corrected chi connectivity index (χ2v) is 9.77. The Kier molecular flexibility index (Phi) is 6.97. The maximum Gasteiger partial charge on any atom is 0.389 e. The van der Waals surface area contributed by atoms with E-state index in [1.807, 2.05) is 0 Å². The van der Waals surface area contributed by atoms with E-state index in [-0.39, 0.29) is 18.8 Å². The van der Waals surface area contributed by atoms with E-state index in [1.54, 1.807) is 19.9 Å². The van der Waals surface area contributed by atoms with Crippen LogP contribution in [0.4, 0.5) is 13.2 Å². The minimum atomic E-state index is -4.26. The molecule has 0 aromatic heterocycles. The van der Waals surface area contributed by atoms with Crippen LogP contribution in [-0.2, 0) is 19.6 Å². The Morgan fingerprint density at radius 3 is 2.47 bits per heavy atom. The fourth-order valence-corrected chi connectivity index (χ4v) is 3.90. The van der Waals surface area contributed by atoms with E-state index < -0.39 is 46.3 Å². The lowest BCUT2D eigenvalue weighted by atomic mass is 9.86. The summed E-state index contributed by atoms with van der Waals surface area (Å²) in [5, 5.41) is 0. The van der Waals surface area contributed by atoms with Gasteiger partial charge in [0.1, 0.15) is 17.1 Å². The van der Waals surface area contributed by atoms with Crippen molar-refractivity contribution in [1.82, 2.24) is 4.31 Å². The van der Waals surface area contributed by atoms with Gasteiger partial charge in [-0.15, -0.1) is 0 Å². The Morgan fingerprint density at radius 1 is 1.30 bits per heavy atom. The average molecular weight is 453 g/mol. The first-order valence-electron chi connectivity index (χ1n) is 9.24. The largest absolute Gasteiger partial charge is 0.494 e. The van der Waals surface area contributed by atoms with Crippen LogP contribution in [0.5, 0.6) is 11.5 Å². The summed E-state index contributed by atoms with van der Waals surface area (Å²) >= 11 is 0. The number of esters is 1. The smallest absolute Gasteiger partial charge is 0.389 e. The van der Waals surface area contributed by atoms with Crippen molar-refractivity contribution in [3.05, 3.63) is 23.8 Å². The highest BCUT2D eigenvalue weighted by molar-refractivity contribution is 7.88. The predicted octanol–water partition coefficient (Wildman–Crippen LogP) is 3.44. The van der Waals surface area contributed by atoms with Crippen molar-refractivity contribution in [2.75, 3.05) is 19.9 Å². The molecule has 0 saturated carbocycles. The Hall–Kier alpha value is -2.01. The van der Waals surface area contributed by atoms with Crippen LogP contribution in [0.3, 0.4) is 0 Å². The number of hydrogen-bond acceptors (Lipinski definition) is 6. The van der Waals surface area contributed by atoms with Gasteiger partial charge in [0.2, 0.25) is 10.0 Å². The molecule has 0 unspecified atom stereocenters. The van der Waals surface area contributed by atoms with E-state index in [1.165, 1.54) is 26.1 Å². The Morgan fingerprint density at radius 2 is 1.93 bits per heavy atom. The summed E-state index contributed by atoms with van der Waals surface area (Å²) in [5.41, 5.74) is -0.654. The highest BCUT2D eigenvalue weighted by Gasteiger charge is 2.49. The second kappa shape index (κ2) is 8.62. The Balaban J connectivity index is 2.40. The molecule has 2 rings (SSSR count). The van der Waals surface area contributed by atoms with Crippen molar-refractivity contribution in [3.8, 4) is 11.5 Å². The molecule has 0 saturated heterocycles. The van der Waals surface area contributed by atoms with E-state index in [0.29, 0.717) is 11.3 Å². The monoisotopic (exact) mass is 453 g/mol. The number of carbonyl (C=O) groups is 1. The van der Waals surface area contributed by atoms with Crippen LogP contribution >= 0.6 is 0 Å². The van der Waals surface area contributed by atoms with Gasteiger partial charge >= 0.3 is 12.1 Å². The van der Waals surface area contributed by atoms with Crippen molar-refractivity contribution in [1.29, 1.82) is 0 Å². The minimum absolute atomic E-state index is 0.162. The van der Waals surface area contributed by atoms with Crippen molar-refractivity contribution >= 4 is 16.0 Å². The van der Waals surface area contributed by atoms with Gasteiger partial charge in [0, 0.05) is 26.0 Å². The lowest BCUT2D eigenvalue weighted by Crippen LogP contribution is -2.55. The van der Waals surface area contributed by atoms with Crippen LogP contribution in [0.15, 0.2) is 18.2 Å². The number of alkyl halides is 3. The van der Waals surface area contributed by atoms with Crippen LogP contribution < -0.4 is 9.47 Å². The zero-order chi connectivity index (χ0) is 22.9. The van der Waals surface area contributed by atoms with Gasteiger partial charge in [-0.2, -0.15) is 17.5 Å². The van der Waals surface area contributed by atoms with Gasteiger partial charge in [-0.25, -0.2) is 8.42 Å². The normalized spacial score (nSPS) is 21.0. The molecule has 11 heteroatoms. The first kappa shape index (κ1) is 24.3. The zero-order valence-electron chi connectivity index (χ0n) is 17.4. The molecule has 0 aliphatic carbocycles. The number of sulfonamides is 1. The first-order chi connectivity index (χ1) is 13.6. The molecule has 1 heterocycles. The van der Waals surface area contributed by atoms with Gasteiger partial charge in [-0.05, 0) is 38.5 Å². The number of rotatable bonds is 7. The van der Waals surface area contributed by atoms with Gasteiger partial charge in [-0.3, -0.25) is 4.79 Å². The van der Waals surface area contributed by atoms with Gasteiger partial charge in [0.05, 0.1) is 18.9 Å². The number of halogens is 3. The molecule has 0 fully saturated rings. The predicted molar refractivity (Wildman–Crippen MR) is 103 cm³/mol.